The first-order valence-corrected chi connectivity index (χ1v) is 8.39. The van der Waals surface area contributed by atoms with Crippen molar-refractivity contribution in [2.24, 2.45) is 0 Å². The Morgan fingerprint density at radius 2 is 2.17 bits per heavy atom. The number of rotatable bonds is 6. The van der Waals surface area contributed by atoms with E-state index >= 15 is 0 Å². The summed E-state index contributed by atoms with van der Waals surface area (Å²) < 4.78 is 5.21. The molecule has 1 aromatic heterocycles. The SMILES string of the molecule is COc1cccc(C[C@@H](C)NC(=O)NCc2sc(C)nc2C)c1. The fourth-order valence-electron chi connectivity index (χ4n) is 2.38. The third-order valence-electron chi connectivity index (χ3n) is 3.46. The number of hydrogen-bond donors (Lipinski definition) is 2. The van der Waals surface area contributed by atoms with Gasteiger partial charge in [0, 0.05) is 10.9 Å². The van der Waals surface area contributed by atoms with Crippen LogP contribution in [0.5, 0.6) is 5.75 Å². The van der Waals surface area contributed by atoms with Crippen LogP contribution in [0.4, 0.5) is 4.79 Å². The first kappa shape index (κ1) is 17.3. The second kappa shape index (κ2) is 7.97. The Balaban J connectivity index is 1.81. The van der Waals surface area contributed by atoms with Gasteiger partial charge in [-0.25, -0.2) is 9.78 Å². The van der Waals surface area contributed by atoms with Crippen LogP contribution in [-0.2, 0) is 13.0 Å². The smallest absolute Gasteiger partial charge is 0.315 e. The van der Waals surface area contributed by atoms with Gasteiger partial charge >= 0.3 is 6.03 Å². The van der Waals surface area contributed by atoms with E-state index in [2.05, 4.69) is 15.6 Å². The van der Waals surface area contributed by atoms with E-state index in [0.717, 1.165) is 33.3 Å². The summed E-state index contributed by atoms with van der Waals surface area (Å²) in [6, 6.07) is 7.75. The monoisotopic (exact) mass is 333 g/mol. The van der Waals surface area contributed by atoms with E-state index in [1.165, 1.54) is 0 Å². The number of aromatic nitrogens is 1. The van der Waals surface area contributed by atoms with Crippen LogP contribution in [0.25, 0.3) is 0 Å². The number of nitrogens with zero attached hydrogens (tertiary/aromatic N) is 1. The summed E-state index contributed by atoms with van der Waals surface area (Å²) in [5.41, 5.74) is 2.11. The second-order valence-corrected chi connectivity index (χ2v) is 6.81. The van der Waals surface area contributed by atoms with Crippen molar-refractivity contribution < 1.29 is 9.53 Å². The summed E-state index contributed by atoms with van der Waals surface area (Å²) >= 11 is 1.61. The number of amides is 2. The minimum absolute atomic E-state index is 0.0337. The highest BCUT2D eigenvalue weighted by Gasteiger charge is 2.10. The molecular weight excluding hydrogens is 310 g/mol. The fourth-order valence-corrected chi connectivity index (χ4v) is 3.25. The first-order valence-electron chi connectivity index (χ1n) is 7.58. The number of ether oxygens (including phenoxy) is 1. The van der Waals surface area contributed by atoms with Crippen molar-refractivity contribution in [2.45, 2.75) is 39.8 Å². The third kappa shape index (κ3) is 5.25. The van der Waals surface area contributed by atoms with Gasteiger partial charge in [0.1, 0.15) is 5.75 Å². The number of aryl methyl sites for hydroxylation is 2. The summed E-state index contributed by atoms with van der Waals surface area (Å²) in [7, 11) is 1.65. The average Bonchev–Trinajstić information content (AvgIpc) is 2.83. The average molecular weight is 333 g/mol. The van der Waals surface area contributed by atoms with Gasteiger partial charge in [-0.2, -0.15) is 0 Å². The van der Waals surface area contributed by atoms with E-state index in [0.29, 0.717) is 6.54 Å². The summed E-state index contributed by atoms with van der Waals surface area (Å²) in [6.07, 6.45) is 0.753. The molecule has 1 aromatic carbocycles. The Labute approximate surface area is 141 Å². The van der Waals surface area contributed by atoms with Crippen LogP contribution in [0.3, 0.4) is 0 Å². The van der Waals surface area contributed by atoms with E-state index in [9.17, 15) is 4.79 Å². The summed E-state index contributed by atoms with van der Waals surface area (Å²) in [6.45, 7) is 6.43. The fraction of sp³-hybridized carbons (Fsp3) is 0.412. The molecule has 0 bridgehead atoms. The van der Waals surface area contributed by atoms with Crippen LogP contribution in [0, 0.1) is 13.8 Å². The maximum absolute atomic E-state index is 12.0. The van der Waals surface area contributed by atoms with Crippen molar-refractivity contribution in [3.63, 3.8) is 0 Å². The number of benzene rings is 1. The normalized spacial score (nSPS) is 11.8. The molecule has 2 rings (SSSR count). The van der Waals surface area contributed by atoms with E-state index in [-0.39, 0.29) is 12.1 Å². The number of hydrogen-bond acceptors (Lipinski definition) is 4. The molecule has 0 aliphatic rings. The van der Waals surface area contributed by atoms with Gasteiger partial charge in [-0.15, -0.1) is 11.3 Å². The zero-order valence-corrected chi connectivity index (χ0v) is 14.8. The molecule has 0 aliphatic heterocycles. The lowest BCUT2D eigenvalue weighted by molar-refractivity contribution is 0.237. The molecule has 0 saturated carbocycles. The number of urea groups is 1. The van der Waals surface area contributed by atoms with Gasteiger partial charge in [0.15, 0.2) is 0 Å². The van der Waals surface area contributed by atoms with Crippen LogP contribution >= 0.6 is 11.3 Å². The molecule has 124 valence electrons. The number of carbonyl (C=O) groups excluding carboxylic acids is 1. The van der Waals surface area contributed by atoms with Gasteiger partial charge in [-0.1, -0.05) is 12.1 Å². The standard InChI is InChI=1S/C17H23N3O2S/c1-11(8-14-6-5-7-15(9-14)22-4)19-17(21)18-10-16-12(2)20-13(3)23-16/h5-7,9,11H,8,10H2,1-4H3,(H2,18,19,21)/t11-/m1/s1. The van der Waals surface area contributed by atoms with Crippen molar-refractivity contribution in [3.05, 3.63) is 45.4 Å². The molecule has 6 heteroatoms. The molecule has 0 aliphatic carbocycles. The molecule has 1 atom stereocenters. The zero-order chi connectivity index (χ0) is 16.8. The van der Waals surface area contributed by atoms with E-state index in [1.54, 1.807) is 18.4 Å². The van der Waals surface area contributed by atoms with Gasteiger partial charge in [-0.3, -0.25) is 0 Å². The lowest BCUT2D eigenvalue weighted by atomic mass is 10.1. The highest BCUT2D eigenvalue weighted by molar-refractivity contribution is 7.11. The summed E-state index contributed by atoms with van der Waals surface area (Å²) in [5.74, 6) is 0.829. The van der Waals surface area contributed by atoms with Gasteiger partial charge < -0.3 is 15.4 Å². The largest absolute Gasteiger partial charge is 0.497 e. The molecular formula is C17H23N3O2S. The van der Waals surface area contributed by atoms with Crippen LogP contribution in [0.2, 0.25) is 0 Å². The Hall–Kier alpha value is -2.08. The molecule has 0 fully saturated rings. The minimum Gasteiger partial charge on any atom is -0.497 e. The van der Waals surface area contributed by atoms with Gasteiger partial charge in [0.05, 0.1) is 24.4 Å². The third-order valence-corrected chi connectivity index (χ3v) is 4.54. The molecule has 2 N–H and O–H groups in total. The Kier molecular flexibility index (Phi) is 5.98. The van der Waals surface area contributed by atoms with Crippen molar-refractivity contribution in [2.75, 3.05) is 7.11 Å². The van der Waals surface area contributed by atoms with Crippen molar-refractivity contribution in [1.29, 1.82) is 0 Å². The Morgan fingerprint density at radius 1 is 1.39 bits per heavy atom. The summed E-state index contributed by atoms with van der Waals surface area (Å²) in [5, 5.41) is 6.86. The predicted molar refractivity (Wildman–Crippen MR) is 93.1 cm³/mol. The van der Waals surface area contributed by atoms with Crippen molar-refractivity contribution in [1.82, 2.24) is 15.6 Å². The van der Waals surface area contributed by atoms with E-state index < -0.39 is 0 Å². The Bertz CT molecular complexity index is 670. The second-order valence-electron chi connectivity index (χ2n) is 5.53. The highest BCUT2D eigenvalue weighted by Crippen LogP contribution is 2.16. The molecule has 0 spiro atoms. The molecule has 0 radical (unpaired) electrons. The van der Waals surface area contributed by atoms with Gasteiger partial charge in [0.25, 0.3) is 0 Å². The quantitative estimate of drug-likeness (QED) is 0.853. The van der Waals surface area contributed by atoms with Gasteiger partial charge in [0.2, 0.25) is 0 Å². The maximum Gasteiger partial charge on any atom is 0.315 e. The van der Waals surface area contributed by atoms with E-state index in [1.807, 2.05) is 45.0 Å². The predicted octanol–water partition coefficient (Wildman–Crippen LogP) is 3.20. The molecule has 0 unspecified atom stereocenters. The van der Waals surface area contributed by atoms with Crippen molar-refractivity contribution >= 4 is 17.4 Å². The summed E-state index contributed by atoms with van der Waals surface area (Å²) in [4.78, 5) is 17.4. The number of nitrogens with one attached hydrogen (secondary N) is 2. The Morgan fingerprint density at radius 3 is 2.83 bits per heavy atom. The van der Waals surface area contributed by atoms with Crippen LogP contribution < -0.4 is 15.4 Å². The lowest BCUT2D eigenvalue weighted by Crippen LogP contribution is -2.41. The molecule has 1 heterocycles. The van der Waals surface area contributed by atoms with Crippen LogP contribution in [0.1, 0.15) is 28.1 Å². The van der Waals surface area contributed by atoms with Crippen molar-refractivity contribution in [3.8, 4) is 5.75 Å². The molecule has 5 nitrogen and oxygen atoms in total. The van der Waals surface area contributed by atoms with E-state index in [4.69, 9.17) is 4.74 Å². The molecule has 23 heavy (non-hydrogen) atoms. The number of thiazole rings is 1. The first-order chi connectivity index (χ1) is 11.0. The molecule has 2 amide bonds. The number of methoxy groups -OCH3 is 1. The molecule has 2 aromatic rings. The zero-order valence-electron chi connectivity index (χ0n) is 14.0. The minimum atomic E-state index is -0.161. The lowest BCUT2D eigenvalue weighted by Gasteiger charge is -2.15. The number of carbonyl (C=O) groups is 1. The highest BCUT2D eigenvalue weighted by atomic mass is 32.1. The van der Waals surface area contributed by atoms with Gasteiger partial charge in [-0.05, 0) is 44.9 Å². The van der Waals surface area contributed by atoms with Crippen LogP contribution in [-0.4, -0.2) is 24.2 Å². The topological polar surface area (TPSA) is 63.2 Å². The van der Waals surface area contributed by atoms with Crippen LogP contribution in [0.15, 0.2) is 24.3 Å². The maximum atomic E-state index is 12.0. The molecule has 0 saturated heterocycles.